The Hall–Kier alpha value is -0.280. The molecule has 1 fully saturated rings. The van der Waals surface area contributed by atoms with Crippen molar-refractivity contribution in [1.29, 1.82) is 0 Å². The largest absolute Gasteiger partial charge is 0.376 e. The van der Waals surface area contributed by atoms with E-state index < -0.39 is 0 Å². The van der Waals surface area contributed by atoms with E-state index in [1.807, 2.05) is 32.4 Å². The molecule has 0 bridgehead atoms. The maximum Gasteiger partial charge on any atom is 0.0872 e. The predicted molar refractivity (Wildman–Crippen MR) is 90.3 cm³/mol. The highest BCUT2D eigenvalue weighted by Gasteiger charge is 2.44. The summed E-state index contributed by atoms with van der Waals surface area (Å²) in [7, 11) is 3.80. The van der Waals surface area contributed by atoms with Gasteiger partial charge in [-0.25, -0.2) is 0 Å². The number of hydrogen-bond donors (Lipinski definition) is 1. The zero-order valence-electron chi connectivity index (χ0n) is 13.3. The van der Waals surface area contributed by atoms with Crippen molar-refractivity contribution >= 4 is 23.2 Å². The van der Waals surface area contributed by atoms with Crippen LogP contribution in [0.4, 0.5) is 0 Å². The molecule has 2 nitrogen and oxygen atoms in total. The zero-order chi connectivity index (χ0) is 15.7. The van der Waals surface area contributed by atoms with E-state index in [1.165, 1.54) is 12.8 Å². The minimum Gasteiger partial charge on any atom is -0.376 e. The van der Waals surface area contributed by atoms with E-state index in [0.717, 1.165) is 18.4 Å². The molecule has 1 aliphatic carbocycles. The van der Waals surface area contributed by atoms with Gasteiger partial charge in [0.15, 0.2) is 0 Å². The number of ether oxygens (including phenoxy) is 1. The quantitative estimate of drug-likeness (QED) is 0.815. The molecule has 4 heteroatoms. The molecule has 2 rings (SSSR count). The van der Waals surface area contributed by atoms with E-state index in [0.29, 0.717) is 15.5 Å². The van der Waals surface area contributed by atoms with Crippen molar-refractivity contribution in [2.45, 2.75) is 51.2 Å². The Bertz CT molecular complexity index is 492. The Labute approximate surface area is 138 Å². The van der Waals surface area contributed by atoms with Gasteiger partial charge in [0.2, 0.25) is 0 Å². The second kappa shape index (κ2) is 6.45. The van der Waals surface area contributed by atoms with Crippen LogP contribution in [0.25, 0.3) is 0 Å². The lowest BCUT2D eigenvalue weighted by Crippen LogP contribution is -2.48. The summed E-state index contributed by atoms with van der Waals surface area (Å²) in [5, 5.41) is 4.61. The average Bonchev–Trinajstić information content (AvgIpc) is 2.45. The number of benzene rings is 1. The van der Waals surface area contributed by atoms with Gasteiger partial charge in [0.25, 0.3) is 0 Å². The molecule has 0 saturated heterocycles. The van der Waals surface area contributed by atoms with Crippen molar-refractivity contribution in [2.75, 3.05) is 14.2 Å². The van der Waals surface area contributed by atoms with Gasteiger partial charge >= 0.3 is 0 Å². The Morgan fingerprint density at radius 1 is 1.10 bits per heavy atom. The van der Waals surface area contributed by atoms with Crippen molar-refractivity contribution in [1.82, 2.24) is 5.32 Å². The van der Waals surface area contributed by atoms with E-state index in [-0.39, 0.29) is 11.6 Å². The fourth-order valence-electron chi connectivity index (χ4n) is 3.39. The summed E-state index contributed by atoms with van der Waals surface area (Å²) in [6.07, 6.45) is 4.42. The second-order valence-corrected chi connectivity index (χ2v) is 7.64. The third kappa shape index (κ3) is 3.56. The summed E-state index contributed by atoms with van der Waals surface area (Å²) in [6.45, 7) is 4.67. The van der Waals surface area contributed by atoms with Crippen LogP contribution in [-0.2, 0) is 4.74 Å². The van der Waals surface area contributed by atoms with Gasteiger partial charge in [0.05, 0.1) is 21.7 Å². The van der Waals surface area contributed by atoms with Gasteiger partial charge in [0, 0.05) is 7.11 Å². The molecule has 1 saturated carbocycles. The van der Waals surface area contributed by atoms with Crippen LogP contribution >= 0.6 is 23.2 Å². The summed E-state index contributed by atoms with van der Waals surface area (Å²) in [6, 6.07) is 5.97. The van der Waals surface area contributed by atoms with Crippen LogP contribution < -0.4 is 5.32 Å². The lowest BCUT2D eigenvalue weighted by Gasteiger charge is -2.47. The summed E-state index contributed by atoms with van der Waals surface area (Å²) in [4.78, 5) is 0. The summed E-state index contributed by atoms with van der Waals surface area (Å²) in [5.74, 6) is 0. The van der Waals surface area contributed by atoms with Gasteiger partial charge in [-0.15, -0.1) is 0 Å². The molecule has 1 atom stereocenters. The third-order valence-electron chi connectivity index (χ3n) is 4.95. The molecule has 0 radical (unpaired) electrons. The minimum atomic E-state index is -0.179. The van der Waals surface area contributed by atoms with Crippen LogP contribution in [0.2, 0.25) is 10.0 Å². The second-order valence-electron chi connectivity index (χ2n) is 6.83. The van der Waals surface area contributed by atoms with Gasteiger partial charge < -0.3 is 10.1 Å². The molecule has 21 heavy (non-hydrogen) atoms. The van der Waals surface area contributed by atoms with Crippen molar-refractivity contribution in [3.05, 3.63) is 33.8 Å². The molecule has 0 spiro atoms. The first-order valence-corrected chi connectivity index (χ1v) is 8.26. The number of nitrogens with one attached hydrogen (secondary N) is 1. The average molecular weight is 330 g/mol. The van der Waals surface area contributed by atoms with Crippen molar-refractivity contribution in [3.63, 3.8) is 0 Å². The lowest BCUT2D eigenvalue weighted by molar-refractivity contribution is -0.0862. The van der Waals surface area contributed by atoms with Gasteiger partial charge in [-0.1, -0.05) is 43.1 Å². The molecule has 1 N–H and O–H groups in total. The van der Waals surface area contributed by atoms with Crippen LogP contribution in [0, 0.1) is 5.41 Å². The molecule has 1 aromatic rings. The van der Waals surface area contributed by atoms with Crippen LogP contribution in [0.15, 0.2) is 18.2 Å². The van der Waals surface area contributed by atoms with Crippen LogP contribution in [-0.4, -0.2) is 19.8 Å². The van der Waals surface area contributed by atoms with E-state index in [9.17, 15) is 0 Å². The Balaban J connectivity index is 2.31. The van der Waals surface area contributed by atoms with Gasteiger partial charge in [-0.2, -0.15) is 0 Å². The number of methoxy groups -OCH3 is 1. The first-order chi connectivity index (χ1) is 9.83. The molecular weight excluding hydrogens is 305 g/mol. The van der Waals surface area contributed by atoms with Crippen LogP contribution in [0.5, 0.6) is 0 Å². The fraction of sp³-hybridized carbons (Fsp3) is 0.647. The summed E-state index contributed by atoms with van der Waals surface area (Å²) in [5.41, 5.74) is 1.35. The molecule has 0 amide bonds. The normalized spacial score (nSPS) is 22.0. The number of halogens is 2. The molecule has 1 aromatic carbocycles. The van der Waals surface area contributed by atoms with E-state index in [4.69, 9.17) is 27.9 Å². The molecule has 0 heterocycles. The maximum absolute atomic E-state index is 6.19. The highest BCUT2D eigenvalue weighted by molar-refractivity contribution is 6.42. The molecule has 1 aliphatic rings. The first kappa shape index (κ1) is 17.1. The van der Waals surface area contributed by atoms with Crippen molar-refractivity contribution in [2.24, 2.45) is 5.41 Å². The number of hydrogen-bond acceptors (Lipinski definition) is 2. The van der Waals surface area contributed by atoms with E-state index in [1.54, 1.807) is 0 Å². The Kier molecular flexibility index (Phi) is 5.25. The van der Waals surface area contributed by atoms with Crippen LogP contribution in [0.1, 0.15) is 51.1 Å². The standard InChI is InChI=1S/C17H25Cl2NO/c1-16(2)7-9-17(21-4,10-8-16)15(20-3)12-5-6-13(18)14(19)11-12/h5-6,11,15,20H,7-10H2,1-4H3. The Morgan fingerprint density at radius 2 is 1.71 bits per heavy atom. The Morgan fingerprint density at radius 3 is 2.19 bits per heavy atom. The van der Waals surface area contributed by atoms with Gasteiger partial charge in [-0.05, 0) is 55.8 Å². The molecular formula is C17H25Cl2NO. The SMILES string of the molecule is CNC(c1ccc(Cl)c(Cl)c1)C1(OC)CCC(C)(C)CC1. The summed E-state index contributed by atoms with van der Waals surface area (Å²) < 4.78 is 6.01. The minimum absolute atomic E-state index is 0.119. The zero-order valence-corrected chi connectivity index (χ0v) is 14.8. The number of likely N-dealkylation sites (N-methyl/N-ethyl adjacent to an activating group) is 1. The van der Waals surface area contributed by atoms with E-state index >= 15 is 0 Å². The van der Waals surface area contributed by atoms with Gasteiger partial charge in [-0.3, -0.25) is 0 Å². The monoisotopic (exact) mass is 329 g/mol. The molecule has 0 aliphatic heterocycles. The van der Waals surface area contributed by atoms with Crippen molar-refractivity contribution < 1.29 is 4.74 Å². The fourth-order valence-corrected chi connectivity index (χ4v) is 3.69. The highest BCUT2D eigenvalue weighted by Crippen LogP contribution is 2.47. The first-order valence-electron chi connectivity index (χ1n) is 7.51. The van der Waals surface area contributed by atoms with E-state index in [2.05, 4.69) is 19.2 Å². The van der Waals surface area contributed by atoms with Gasteiger partial charge in [0.1, 0.15) is 0 Å². The van der Waals surface area contributed by atoms with Crippen LogP contribution in [0.3, 0.4) is 0 Å². The topological polar surface area (TPSA) is 21.3 Å². The molecule has 0 aromatic heterocycles. The molecule has 1 unspecified atom stereocenters. The predicted octanol–water partition coefficient (Wildman–Crippen LogP) is 5.24. The number of rotatable bonds is 4. The lowest BCUT2D eigenvalue weighted by atomic mass is 9.67. The van der Waals surface area contributed by atoms with Crippen molar-refractivity contribution in [3.8, 4) is 0 Å². The maximum atomic E-state index is 6.19. The highest BCUT2D eigenvalue weighted by atomic mass is 35.5. The molecule has 118 valence electrons. The smallest absolute Gasteiger partial charge is 0.0872 e. The summed E-state index contributed by atoms with van der Waals surface area (Å²) >= 11 is 12.2. The third-order valence-corrected chi connectivity index (χ3v) is 5.69.